The zero-order valence-electron chi connectivity index (χ0n) is 15.7. The first-order valence-electron chi connectivity index (χ1n) is 9.16. The van der Waals surface area contributed by atoms with Gasteiger partial charge in [-0.1, -0.05) is 72.0 Å². The van der Waals surface area contributed by atoms with E-state index in [4.69, 9.17) is 0 Å². The summed E-state index contributed by atoms with van der Waals surface area (Å²) in [5.74, 6) is -0.484. The monoisotopic (exact) mass is 402 g/mol. The molecule has 6 nitrogen and oxygen atoms in total. The minimum Gasteiger partial charge on any atom is -0.296 e. The molecule has 2 aromatic carbocycles. The lowest BCUT2D eigenvalue weighted by atomic mass is 10.1. The van der Waals surface area contributed by atoms with Gasteiger partial charge in [0.1, 0.15) is 4.88 Å². The van der Waals surface area contributed by atoms with Crippen LogP contribution in [0.1, 0.15) is 32.6 Å². The molecule has 1 N–H and O–H groups in total. The van der Waals surface area contributed by atoms with Gasteiger partial charge in [0.05, 0.1) is 5.69 Å². The molecule has 1 amide bonds. The molecule has 0 fully saturated rings. The van der Waals surface area contributed by atoms with Gasteiger partial charge >= 0.3 is 0 Å². The fourth-order valence-corrected chi connectivity index (χ4v) is 3.80. The van der Waals surface area contributed by atoms with E-state index in [0.29, 0.717) is 33.5 Å². The molecule has 0 radical (unpaired) electrons. The van der Waals surface area contributed by atoms with Gasteiger partial charge < -0.3 is 0 Å². The lowest BCUT2D eigenvalue weighted by Crippen LogP contribution is -2.13. The number of hydrogen-bond donors (Lipinski definition) is 1. The number of carbonyl (C=O) groups excluding carboxylic acids is 2. The Bertz CT molecular complexity index is 1150. The van der Waals surface area contributed by atoms with Crippen molar-refractivity contribution in [2.45, 2.75) is 13.5 Å². The summed E-state index contributed by atoms with van der Waals surface area (Å²) < 4.78 is 1.68. The second-order valence-electron chi connectivity index (χ2n) is 6.27. The van der Waals surface area contributed by atoms with Crippen molar-refractivity contribution in [3.05, 3.63) is 89.1 Å². The molecular weight excluding hydrogens is 384 g/mol. The van der Waals surface area contributed by atoms with Gasteiger partial charge in [0.2, 0.25) is 5.78 Å². The van der Waals surface area contributed by atoms with E-state index < -0.39 is 0 Å². The Balaban J connectivity index is 1.69. The van der Waals surface area contributed by atoms with E-state index in [1.54, 1.807) is 29.1 Å². The molecule has 29 heavy (non-hydrogen) atoms. The van der Waals surface area contributed by atoms with Crippen LogP contribution in [0, 0.1) is 0 Å². The van der Waals surface area contributed by atoms with Crippen molar-refractivity contribution in [3.63, 3.8) is 0 Å². The number of aryl methyl sites for hydroxylation is 1. The molecule has 0 spiro atoms. The summed E-state index contributed by atoms with van der Waals surface area (Å²) >= 11 is 1.17. The van der Waals surface area contributed by atoms with Gasteiger partial charge in [-0.05, 0) is 13.0 Å². The fraction of sp³-hybridized carbons (Fsp3) is 0.0909. The minimum atomic E-state index is -0.357. The Morgan fingerprint density at radius 3 is 2.34 bits per heavy atom. The number of amides is 1. The third-order valence-electron chi connectivity index (χ3n) is 4.33. The molecule has 7 heteroatoms. The first kappa shape index (κ1) is 18.8. The summed E-state index contributed by atoms with van der Waals surface area (Å²) in [5, 5.41) is 7.34. The van der Waals surface area contributed by atoms with E-state index >= 15 is 0 Å². The molecule has 0 saturated heterocycles. The number of thiazole rings is 1. The van der Waals surface area contributed by atoms with Crippen molar-refractivity contribution in [1.82, 2.24) is 14.8 Å². The van der Waals surface area contributed by atoms with E-state index in [1.165, 1.54) is 11.3 Å². The van der Waals surface area contributed by atoms with Gasteiger partial charge in [-0.25, -0.2) is 4.98 Å². The van der Waals surface area contributed by atoms with E-state index in [-0.39, 0.29) is 11.7 Å². The summed E-state index contributed by atoms with van der Waals surface area (Å²) in [5.41, 5.74) is 2.25. The Morgan fingerprint density at radius 2 is 1.69 bits per heavy atom. The SMILES string of the molecule is CCn1ccc(C(=O)Nc2nc(-c3ccccc3)c(C(=O)c3ccccc3)s2)n1. The topological polar surface area (TPSA) is 76.9 Å². The third-order valence-corrected chi connectivity index (χ3v) is 5.30. The van der Waals surface area contributed by atoms with Crippen LogP contribution in [-0.2, 0) is 6.54 Å². The quantitative estimate of drug-likeness (QED) is 0.482. The van der Waals surface area contributed by atoms with Crippen molar-refractivity contribution >= 4 is 28.2 Å². The van der Waals surface area contributed by atoms with Crippen LogP contribution in [0.5, 0.6) is 0 Å². The van der Waals surface area contributed by atoms with Crippen LogP contribution >= 0.6 is 11.3 Å². The van der Waals surface area contributed by atoms with Crippen LogP contribution in [0.2, 0.25) is 0 Å². The van der Waals surface area contributed by atoms with Crippen LogP contribution < -0.4 is 5.32 Å². The lowest BCUT2D eigenvalue weighted by molar-refractivity contribution is 0.101. The highest BCUT2D eigenvalue weighted by Crippen LogP contribution is 2.33. The number of nitrogens with one attached hydrogen (secondary N) is 1. The summed E-state index contributed by atoms with van der Waals surface area (Å²) in [6, 6.07) is 20.2. The molecule has 0 bridgehead atoms. The highest BCUT2D eigenvalue weighted by molar-refractivity contribution is 7.18. The molecule has 2 aromatic heterocycles. The first-order valence-corrected chi connectivity index (χ1v) is 9.98. The second-order valence-corrected chi connectivity index (χ2v) is 7.27. The summed E-state index contributed by atoms with van der Waals surface area (Å²) in [6.45, 7) is 2.63. The highest BCUT2D eigenvalue weighted by Gasteiger charge is 2.22. The van der Waals surface area contributed by atoms with E-state index in [0.717, 1.165) is 5.56 Å². The normalized spacial score (nSPS) is 10.7. The average molecular weight is 402 g/mol. The van der Waals surface area contributed by atoms with Crippen molar-refractivity contribution < 1.29 is 9.59 Å². The molecule has 2 heterocycles. The number of nitrogens with zero attached hydrogens (tertiary/aromatic N) is 3. The van der Waals surface area contributed by atoms with Crippen LogP contribution in [-0.4, -0.2) is 26.5 Å². The number of carbonyl (C=O) groups is 2. The molecule has 0 saturated carbocycles. The Labute approximate surface area is 171 Å². The van der Waals surface area contributed by atoms with Crippen LogP contribution in [0.3, 0.4) is 0 Å². The Hall–Kier alpha value is -3.58. The maximum Gasteiger partial charge on any atom is 0.277 e. The maximum absolute atomic E-state index is 13.1. The fourth-order valence-electron chi connectivity index (χ4n) is 2.86. The molecule has 0 aliphatic carbocycles. The standard InChI is InChI=1S/C22H18N4O2S/c1-2-26-14-13-17(25-26)21(28)24-22-23-18(15-9-5-3-6-10-15)20(29-22)19(27)16-11-7-4-8-12-16/h3-14H,2H2,1H3,(H,23,24,28). The number of benzene rings is 2. The van der Waals surface area contributed by atoms with Crippen molar-refractivity contribution in [2.75, 3.05) is 5.32 Å². The number of anilines is 1. The lowest BCUT2D eigenvalue weighted by Gasteiger charge is -2.02. The van der Waals surface area contributed by atoms with E-state index in [2.05, 4.69) is 15.4 Å². The van der Waals surface area contributed by atoms with Gasteiger partial charge in [-0.15, -0.1) is 0 Å². The molecule has 0 aliphatic rings. The number of rotatable bonds is 6. The molecule has 4 aromatic rings. The zero-order chi connectivity index (χ0) is 20.2. The molecular formula is C22H18N4O2S. The van der Waals surface area contributed by atoms with Crippen LogP contribution in [0.4, 0.5) is 5.13 Å². The summed E-state index contributed by atoms with van der Waals surface area (Å²) in [7, 11) is 0. The molecule has 4 rings (SSSR count). The van der Waals surface area contributed by atoms with Crippen molar-refractivity contribution in [3.8, 4) is 11.3 Å². The first-order chi connectivity index (χ1) is 14.2. The maximum atomic E-state index is 13.1. The van der Waals surface area contributed by atoms with Crippen LogP contribution in [0.15, 0.2) is 72.9 Å². The Kier molecular flexibility index (Phi) is 5.31. The smallest absolute Gasteiger partial charge is 0.277 e. The molecule has 144 valence electrons. The predicted molar refractivity (Wildman–Crippen MR) is 113 cm³/mol. The highest BCUT2D eigenvalue weighted by atomic mass is 32.1. The second kappa shape index (κ2) is 8.20. The van der Waals surface area contributed by atoms with Gasteiger partial charge in [0, 0.05) is 23.9 Å². The summed E-state index contributed by atoms with van der Waals surface area (Å²) in [4.78, 5) is 30.7. The molecule has 0 unspecified atom stereocenters. The van der Waals surface area contributed by atoms with Gasteiger partial charge in [0.15, 0.2) is 10.8 Å². The number of aromatic nitrogens is 3. The molecule has 0 atom stereocenters. The van der Waals surface area contributed by atoms with Gasteiger partial charge in [-0.3, -0.25) is 19.6 Å². The van der Waals surface area contributed by atoms with Crippen LogP contribution in [0.25, 0.3) is 11.3 Å². The Morgan fingerprint density at radius 1 is 1.00 bits per heavy atom. The predicted octanol–water partition coefficient (Wildman–Crippen LogP) is 4.51. The van der Waals surface area contributed by atoms with E-state index in [1.807, 2.05) is 55.5 Å². The number of ketones is 1. The largest absolute Gasteiger partial charge is 0.296 e. The van der Waals surface area contributed by atoms with Gasteiger partial charge in [0.25, 0.3) is 5.91 Å². The minimum absolute atomic E-state index is 0.127. The third kappa shape index (κ3) is 4.00. The average Bonchev–Trinajstić information content (AvgIpc) is 3.42. The van der Waals surface area contributed by atoms with E-state index in [9.17, 15) is 9.59 Å². The zero-order valence-corrected chi connectivity index (χ0v) is 16.5. The van der Waals surface area contributed by atoms with Gasteiger partial charge in [-0.2, -0.15) is 5.10 Å². The number of hydrogen-bond acceptors (Lipinski definition) is 5. The van der Waals surface area contributed by atoms with Crippen molar-refractivity contribution in [1.29, 1.82) is 0 Å². The summed E-state index contributed by atoms with van der Waals surface area (Å²) in [6.07, 6.45) is 1.75. The molecule has 0 aliphatic heterocycles. The van der Waals surface area contributed by atoms with Crippen molar-refractivity contribution in [2.24, 2.45) is 0 Å².